The lowest BCUT2D eigenvalue weighted by Gasteiger charge is -2.14. The van der Waals surface area contributed by atoms with Crippen molar-refractivity contribution in [3.05, 3.63) is 23.3 Å². The fourth-order valence-electron chi connectivity index (χ4n) is 2.34. The summed E-state index contributed by atoms with van der Waals surface area (Å²) in [5.41, 5.74) is 1.42. The molecule has 1 atom stereocenters. The molecule has 2 heterocycles. The Bertz CT molecular complexity index is 458. The number of rotatable bonds is 4. The van der Waals surface area contributed by atoms with Gasteiger partial charge in [-0.2, -0.15) is 0 Å². The van der Waals surface area contributed by atoms with Crippen LogP contribution in [0.5, 0.6) is 0 Å². The third-order valence-corrected chi connectivity index (χ3v) is 3.40. The van der Waals surface area contributed by atoms with Gasteiger partial charge >= 0.3 is 0 Å². The van der Waals surface area contributed by atoms with Crippen LogP contribution in [0.4, 0.5) is 0 Å². The van der Waals surface area contributed by atoms with E-state index in [4.69, 9.17) is 0 Å². The molecule has 0 saturated carbocycles. The van der Waals surface area contributed by atoms with Gasteiger partial charge in [0.15, 0.2) is 0 Å². The summed E-state index contributed by atoms with van der Waals surface area (Å²) < 4.78 is 0. The van der Waals surface area contributed by atoms with Crippen molar-refractivity contribution in [2.75, 3.05) is 13.1 Å². The number of amides is 1. The molecule has 2 N–H and O–H groups in total. The Morgan fingerprint density at radius 1 is 1.55 bits per heavy atom. The molecule has 1 aliphatic rings. The van der Waals surface area contributed by atoms with Crippen molar-refractivity contribution in [2.45, 2.75) is 45.6 Å². The van der Waals surface area contributed by atoms with Gasteiger partial charge in [0.1, 0.15) is 5.82 Å². The number of halogens is 1. The highest BCUT2D eigenvalue weighted by Gasteiger charge is 2.19. The number of aryl methyl sites for hydroxylation is 1. The van der Waals surface area contributed by atoms with Gasteiger partial charge in [-0.25, -0.2) is 9.97 Å². The second kappa shape index (κ2) is 7.55. The zero-order valence-corrected chi connectivity index (χ0v) is 13.1. The maximum absolute atomic E-state index is 12.2. The van der Waals surface area contributed by atoms with Gasteiger partial charge < -0.3 is 10.6 Å². The Labute approximate surface area is 126 Å². The average molecular weight is 299 g/mol. The second-order valence-electron chi connectivity index (χ2n) is 5.37. The molecule has 1 fully saturated rings. The van der Waals surface area contributed by atoms with E-state index in [9.17, 15) is 4.79 Å². The molecule has 112 valence electrons. The van der Waals surface area contributed by atoms with Crippen molar-refractivity contribution in [3.63, 3.8) is 0 Å². The van der Waals surface area contributed by atoms with Gasteiger partial charge in [0.2, 0.25) is 0 Å². The van der Waals surface area contributed by atoms with Gasteiger partial charge in [-0.15, -0.1) is 12.4 Å². The normalized spacial score (nSPS) is 17.9. The predicted molar refractivity (Wildman–Crippen MR) is 81.5 cm³/mol. The minimum Gasteiger partial charge on any atom is -0.350 e. The minimum absolute atomic E-state index is 0. The van der Waals surface area contributed by atoms with Gasteiger partial charge in [0.05, 0.1) is 11.3 Å². The number of nitrogens with zero attached hydrogens (tertiary/aromatic N) is 2. The van der Waals surface area contributed by atoms with Gasteiger partial charge in [-0.05, 0) is 32.2 Å². The molecular weight excluding hydrogens is 276 g/mol. The second-order valence-corrected chi connectivity index (χ2v) is 5.37. The van der Waals surface area contributed by atoms with Crippen molar-refractivity contribution in [1.82, 2.24) is 20.6 Å². The molecule has 1 amide bonds. The van der Waals surface area contributed by atoms with E-state index < -0.39 is 0 Å². The molecule has 20 heavy (non-hydrogen) atoms. The molecule has 1 aromatic heterocycles. The van der Waals surface area contributed by atoms with Crippen LogP contribution in [0.25, 0.3) is 0 Å². The van der Waals surface area contributed by atoms with Crippen LogP contribution in [0.3, 0.4) is 0 Å². The van der Waals surface area contributed by atoms with Crippen LogP contribution < -0.4 is 10.6 Å². The molecule has 0 radical (unpaired) electrons. The van der Waals surface area contributed by atoms with E-state index in [2.05, 4.69) is 20.6 Å². The van der Waals surface area contributed by atoms with Crippen LogP contribution in [-0.4, -0.2) is 35.0 Å². The van der Waals surface area contributed by atoms with Crippen LogP contribution in [0.15, 0.2) is 6.20 Å². The quantitative estimate of drug-likeness (QED) is 0.890. The third-order valence-electron chi connectivity index (χ3n) is 3.40. The summed E-state index contributed by atoms with van der Waals surface area (Å²) in [7, 11) is 0. The first-order chi connectivity index (χ1) is 9.08. The van der Waals surface area contributed by atoms with Gasteiger partial charge in [0.25, 0.3) is 5.91 Å². The average Bonchev–Trinajstić information content (AvgIpc) is 2.88. The standard InChI is InChI=1S/C14H22N4O.ClH/c1-9(2)13-12(8-16-10(3)18-13)14(19)17-7-11-5-4-6-15-11;/h8-9,11,15H,4-7H2,1-3H3,(H,17,19);1H. The molecule has 1 saturated heterocycles. The van der Waals surface area contributed by atoms with Crippen molar-refractivity contribution in [2.24, 2.45) is 0 Å². The highest BCUT2D eigenvalue weighted by molar-refractivity contribution is 5.95. The molecule has 1 aliphatic heterocycles. The molecule has 2 rings (SSSR count). The largest absolute Gasteiger partial charge is 0.350 e. The van der Waals surface area contributed by atoms with E-state index in [0.29, 0.717) is 24.0 Å². The summed E-state index contributed by atoms with van der Waals surface area (Å²) in [5.74, 6) is 0.849. The van der Waals surface area contributed by atoms with Crippen LogP contribution in [-0.2, 0) is 0 Å². The summed E-state index contributed by atoms with van der Waals surface area (Å²) in [6.07, 6.45) is 3.95. The maximum Gasteiger partial charge on any atom is 0.254 e. The molecule has 1 aromatic rings. The summed E-state index contributed by atoms with van der Waals surface area (Å²) >= 11 is 0. The number of aromatic nitrogens is 2. The Balaban J connectivity index is 0.00000200. The lowest BCUT2D eigenvalue weighted by atomic mass is 10.0. The van der Waals surface area contributed by atoms with Gasteiger partial charge in [-0.3, -0.25) is 4.79 Å². The Morgan fingerprint density at radius 3 is 2.90 bits per heavy atom. The van der Waals surface area contributed by atoms with E-state index in [1.165, 1.54) is 6.42 Å². The highest BCUT2D eigenvalue weighted by atomic mass is 35.5. The van der Waals surface area contributed by atoms with Crippen LogP contribution in [0, 0.1) is 6.92 Å². The zero-order chi connectivity index (χ0) is 13.8. The lowest BCUT2D eigenvalue weighted by Crippen LogP contribution is -2.37. The molecule has 1 unspecified atom stereocenters. The Hall–Kier alpha value is -1.20. The molecule has 0 spiro atoms. The Kier molecular flexibility index (Phi) is 6.36. The molecule has 0 aliphatic carbocycles. The maximum atomic E-state index is 12.2. The number of carbonyl (C=O) groups is 1. The predicted octanol–water partition coefficient (Wildman–Crippen LogP) is 1.81. The number of hydrogen-bond donors (Lipinski definition) is 2. The fourth-order valence-corrected chi connectivity index (χ4v) is 2.34. The van der Waals surface area contributed by atoms with E-state index in [1.54, 1.807) is 6.20 Å². The summed E-state index contributed by atoms with van der Waals surface area (Å²) in [6.45, 7) is 7.64. The molecular formula is C14H23ClN4O. The number of hydrogen-bond acceptors (Lipinski definition) is 4. The van der Waals surface area contributed by atoms with Crippen LogP contribution in [0.2, 0.25) is 0 Å². The molecule has 0 aromatic carbocycles. The van der Waals surface area contributed by atoms with Gasteiger partial charge in [-0.1, -0.05) is 13.8 Å². The lowest BCUT2D eigenvalue weighted by molar-refractivity contribution is 0.0948. The fraction of sp³-hybridized carbons (Fsp3) is 0.643. The van der Waals surface area contributed by atoms with Crippen molar-refractivity contribution in [1.29, 1.82) is 0 Å². The van der Waals surface area contributed by atoms with E-state index in [-0.39, 0.29) is 24.2 Å². The van der Waals surface area contributed by atoms with Crippen molar-refractivity contribution < 1.29 is 4.79 Å². The molecule has 0 bridgehead atoms. The van der Waals surface area contributed by atoms with E-state index >= 15 is 0 Å². The van der Waals surface area contributed by atoms with Crippen LogP contribution >= 0.6 is 12.4 Å². The third kappa shape index (κ3) is 4.15. The Morgan fingerprint density at radius 2 is 2.30 bits per heavy atom. The number of carbonyl (C=O) groups excluding carboxylic acids is 1. The first-order valence-corrected chi connectivity index (χ1v) is 6.93. The summed E-state index contributed by atoms with van der Waals surface area (Å²) in [5, 5.41) is 6.34. The van der Waals surface area contributed by atoms with Crippen molar-refractivity contribution >= 4 is 18.3 Å². The zero-order valence-electron chi connectivity index (χ0n) is 12.3. The van der Waals surface area contributed by atoms with E-state index in [1.807, 2.05) is 20.8 Å². The summed E-state index contributed by atoms with van der Waals surface area (Å²) in [6, 6.07) is 0.401. The molecule has 5 nitrogen and oxygen atoms in total. The van der Waals surface area contributed by atoms with Gasteiger partial charge in [0, 0.05) is 18.8 Å². The first kappa shape index (κ1) is 16.9. The molecule has 6 heteroatoms. The van der Waals surface area contributed by atoms with Crippen molar-refractivity contribution in [3.8, 4) is 0 Å². The first-order valence-electron chi connectivity index (χ1n) is 6.93. The smallest absolute Gasteiger partial charge is 0.254 e. The topological polar surface area (TPSA) is 66.9 Å². The minimum atomic E-state index is -0.0719. The SMILES string of the molecule is Cc1ncc(C(=O)NCC2CCCN2)c(C(C)C)n1.Cl. The van der Waals surface area contributed by atoms with E-state index in [0.717, 1.165) is 18.7 Å². The monoisotopic (exact) mass is 298 g/mol. The summed E-state index contributed by atoms with van der Waals surface area (Å²) in [4.78, 5) is 20.7. The highest BCUT2D eigenvalue weighted by Crippen LogP contribution is 2.16. The number of nitrogens with one attached hydrogen (secondary N) is 2. The van der Waals surface area contributed by atoms with Crippen LogP contribution in [0.1, 0.15) is 54.5 Å².